The first-order valence-electron chi connectivity index (χ1n) is 7.46. The topological polar surface area (TPSA) is 58.1 Å². The van der Waals surface area contributed by atoms with Gasteiger partial charge in [-0.3, -0.25) is 4.79 Å². The Labute approximate surface area is 134 Å². The maximum atomic E-state index is 12.5. The summed E-state index contributed by atoms with van der Waals surface area (Å²) in [6.45, 7) is 6.02. The summed E-state index contributed by atoms with van der Waals surface area (Å²) in [5, 5.41) is 4.70. The van der Waals surface area contributed by atoms with Crippen molar-refractivity contribution in [2.75, 3.05) is 5.32 Å². The molecule has 1 aliphatic rings. The second-order valence-corrected chi connectivity index (χ2v) is 6.37. The molecule has 1 aromatic heterocycles. The summed E-state index contributed by atoms with van der Waals surface area (Å²) in [7, 11) is 0. The second kappa shape index (κ2) is 5.72. The molecule has 0 aliphatic carbocycles. The van der Waals surface area contributed by atoms with Crippen LogP contribution in [0.3, 0.4) is 0 Å². The van der Waals surface area contributed by atoms with Crippen LogP contribution in [0.1, 0.15) is 27.2 Å². The molecule has 1 amide bonds. The van der Waals surface area contributed by atoms with Gasteiger partial charge in [0.1, 0.15) is 18.2 Å². The number of fused-ring (bicyclic) bond motifs is 1. The Balaban J connectivity index is 1.82. The molecule has 3 atom stereocenters. The molecule has 3 rings (SSSR count). The number of nitrogens with one attached hydrogen (secondary N) is 1. The predicted molar refractivity (Wildman–Crippen MR) is 88.0 cm³/mol. The molecule has 1 N–H and O–H groups in total. The molecule has 0 saturated carbocycles. The summed E-state index contributed by atoms with van der Waals surface area (Å²) in [6.07, 6.45) is 2.54. The molecule has 0 radical (unpaired) electrons. The maximum absolute atomic E-state index is 12.5. The van der Waals surface area contributed by atoms with Crippen LogP contribution in [0.2, 0.25) is 5.02 Å². The van der Waals surface area contributed by atoms with Crippen molar-refractivity contribution in [2.24, 2.45) is 0 Å². The van der Waals surface area contributed by atoms with E-state index in [9.17, 15) is 4.79 Å². The van der Waals surface area contributed by atoms with Crippen molar-refractivity contribution in [3.63, 3.8) is 0 Å². The number of halogens is 1. The molecule has 116 valence electrons. The van der Waals surface area contributed by atoms with E-state index in [2.05, 4.69) is 29.1 Å². The highest BCUT2D eigenvalue weighted by molar-refractivity contribution is 6.31. The third-order valence-electron chi connectivity index (χ3n) is 4.21. The Morgan fingerprint density at radius 2 is 2.09 bits per heavy atom. The largest absolute Gasteiger partial charge is 0.358 e. The van der Waals surface area contributed by atoms with Crippen LogP contribution in [0.25, 0.3) is 10.9 Å². The van der Waals surface area contributed by atoms with Crippen molar-refractivity contribution in [3.8, 4) is 0 Å². The lowest BCUT2D eigenvalue weighted by Gasteiger charge is -2.46. The third-order valence-corrected chi connectivity index (χ3v) is 4.44. The highest BCUT2D eigenvalue weighted by Crippen LogP contribution is 2.27. The van der Waals surface area contributed by atoms with Gasteiger partial charge < -0.3 is 10.2 Å². The van der Waals surface area contributed by atoms with Gasteiger partial charge in [-0.05, 0) is 45.4 Å². The molecule has 0 spiro atoms. The lowest BCUT2D eigenvalue weighted by Crippen LogP contribution is -2.59. The Morgan fingerprint density at radius 1 is 1.36 bits per heavy atom. The van der Waals surface area contributed by atoms with Crippen LogP contribution in [-0.4, -0.2) is 38.9 Å². The number of carbonyl (C=O) groups is 1. The fourth-order valence-electron chi connectivity index (χ4n) is 3.09. The molecular weight excluding hydrogens is 300 g/mol. The number of hydrogen-bond acceptors (Lipinski definition) is 4. The van der Waals surface area contributed by atoms with Gasteiger partial charge in [0.25, 0.3) is 0 Å². The molecule has 1 aromatic carbocycles. The Bertz CT molecular complexity index is 712. The van der Waals surface area contributed by atoms with E-state index >= 15 is 0 Å². The average Bonchev–Trinajstić information content (AvgIpc) is 2.46. The number of likely N-dealkylation sites (tertiary alicyclic amines) is 1. The van der Waals surface area contributed by atoms with Crippen LogP contribution >= 0.6 is 11.6 Å². The number of nitrogens with zero attached hydrogens (tertiary/aromatic N) is 3. The van der Waals surface area contributed by atoms with Gasteiger partial charge in [0.15, 0.2) is 0 Å². The van der Waals surface area contributed by atoms with Gasteiger partial charge in [-0.25, -0.2) is 9.97 Å². The van der Waals surface area contributed by atoms with Gasteiger partial charge in [-0.2, -0.15) is 0 Å². The number of amides is 1. The zero-order valence-electron chi connectivity index (χ0n) is 12.9. The minimum absolute atomic E-state index is 0.104. The van der Waals surface area contributed by atoms with Gasteiger partial charge in [0.05, 0.1) is 5.52 Å². The lowest BCUT2D eigenvalue weighted by atomic mass is 9.94. The number of carbonyl (C=O) groups excluding carboxylic acids is 1. The summed E-state index contributed by atoms with van der Waals surface area (Å²) in [5.41, 5.74) is 0.760. The van der Waals surface area contributed by atoms with Gasteiger partial charge in [-0.1, -0.05) is 11.6 Å². The van der Waals surface area contributed by atoms with Gasteiger partial charge in [0, 0.05) is 22.5 Å². The zero-order chi connectivity index (χ0) is 15.9. The van der Waals surface area contributed by atoms with Gasteiger partial charge in [-0.15, -0.1) is 0 Å². The number of hydrogen-bond donors (Lipinski definition) is 1. The third kappa shape index (κ3) is 2.61. The summed E-state index contributed by atoms with van der Waals surface area (Å²) >= 11 is 5.99. The molecule has 5 nitrogen and oxygen atoms in total. The molecule has 22 heavy (non-hydrogen) atoms. The normalized spacial score (nSPS) is 22.3. The van der Waals surface area contributed by atoms with Crippen LogP contribution < -0.4 is 5.32 Å². The summed E-state index contributed by atoms with van der Waals surface area (Å²) in [4.78, 5) is 22.9. The lowest BCUT2D eigenvalue weighted by molar-refractivity contribution is -0.143. The van der Waals surface area contributed by atoms with Crippen LogP contribution in [0.4, 0.5) is 5.82 Å². The Kier molecular flexibility index (Phi) is 3.91. The van der Waals surface area contributed by atoms with E-state index in [-0.39, 0.29) is 11.9 Å². The molecule has 6 heteroatoms. The van der Waals surface area contributed by atoms with E-state index in [1.54, 1.807) is 12.1 Å². The fourth-order valence-corrected chi connectivity index (χ4v) is 3.25. The maximum Gasteiger partial charge on any atom is 0.245 e. The molecule has 0 unspecified atom stereocenters. The highest BCUT2D eigenvalue weighted by Gasteiger charge is 2.37. The second-order valence-electron chi connectivity index (χ2n) is 5.93. The number of benzene rings is 1. The van der Waals surface area contributed by atoms with E-state index in [1.807, 2.05) is 17.9 Å². The predicted octanol–water partition coefficient (Wildman–Crippen LogP) is 3.09. The van der Waals surface area contributed by atoms with Gasteiger partial charge >= 0.3 is 0 Å². The summed E-state index contributed by atoms with van der Waals surface area (Å²) < 4.78 is 0. The minimum atomic E-state index is -0.334. The van der Waals surface area contributed by atoms with Crippen LogP contribution in [0.5, 0.6) is 0 Å². The SMILES string of the molecule is C[C@@H](Nc1ncnc2cc(Cl)ccc12)C(=O)N1[C@@H](C)C[C@@H]1C. The van der Waals surface area contributed by atoms with Crippen molar-refractivity contribution in [3.05, 3.63) is 29.5 Å². The van der Waals surface area contributed by atoms with Crippen LogP contribution in [-0.2, 0) is 4.79 Å². The number of aromatic nitrogens is 2. The van der Waals surface area contributed by atoms with E-state index in [1.165, 1.54) is 6.33 Å². The Morgan fingerprint density at radius 3 is 2.77 bits per heavy atom. The first-order chi connectivity index (χ1) is 10.5. The van der Waals surface area contributed by atoms with Crippen molar-refractivity contribution in [2.45, 2.75) is 45.3 Å². The Hall–Kier alpha value is -1.88. The smallest absolute Gasteiger partial charge is 0.245 e. The molecule has 1 aliphatic heterocycles. The van der Waals surface area contributed by atoms with E-state index in [0.717, 1.165) is 17.3 Å². The molecule has 2 aromatic rings. The first kappa shape index (κ1) is 15.0. The highest BCUT2D eigenvalue weighted by atomic mass is 35.5. The summed E-state index contributed by atoms with van der Waals surface area (Å²) in [6, 6.07) is 5.74. The number of rotatable bonds is 3. The van der Waals surface area contributed by atoms with Crippen LogP contribution in [0, 0.1) is 0 Å². The van der Waals surface area contributed by atoms with Crippen molar-refractivity contribution in [1.29, 1.82) is 0 Å². The van der Waals surface area contributed by atoms with Crippen LogP contribution in [0.15, 0.2) is 24.5 Å². The minimum Gasteiger partial charge on any atom is -0.358 e. The van der Waals surface area contributed by atoms with E-state index < -0.39 is 0 Å². The quantitative estimate of drug-likeness (QED) is 0.944. The van der Waals surface area contributed by atoms with Crippen molar-refractivity contribution >= 4 is 34.2 Å². The molecule has 1 saturated heterocycles. The molecule has 2 heterocycles. The standard InChI is InChI=1S/C16H19ClN4O/c1-9-6-10(2)21(9)16(22)11(3)20-15-13-5-4-12(17)7-14(13)18-8-19-15/h4-5,7-11H,6H2,1-3H3,(H,18,19,20)/t9-,10-,11+/m0/s1. The number of anilines is 1. The summed E-state index contributed by atoms with van der Waals surface area (Å²) in [5.74, 6) is 0.760. The molecule has 0 bridgehead atoms. The zero-order valence-corrected chi connectivity index (χ0v) is 13.6. The molecular formula is C16H19ClN4O. The monoisotopic (exact) mass is 318 g/mol. The van der Waals surface area contributed by atoms with Crippen molar-refractivity contribution < 1.29 is 4.79 Å². The first-order valence-corrected chi connectivity index (χ1v) is 7.84. The van der Waals surface area contributed by atoms with Crippen molar-refractivity contribution in [1.82, 2.24) is 14.9 Å². The fraction of sp³-hybridized carbons (Fsp3) is 0.438. The average molecular weight is 319 g/mol. The van der Waals surface area contributed by atoms with E-state index in [0.29, 0.717) is 22.9 Å². The van der Waals surface area contributed by atoms with E-state index in [4.69, 9.17) is 11.6 Å². The molecule has 1 fully saturated rings. The van der Waals surface area contributed by atoms with Gasteiger partial charge in [0.2, 0.25) is 5.91 Å².